The number of alkyl halides is 3. The number of carbonyl (C=O) groups excluding carboxylic acids is 1. The standard InChI is InChI=1S/C10H9BrClF2NO2/c1-17-8(16)3-5-2-6(10(13)14)9(11)15-7(5)4-12/h2,10H,3-4H2,1H3. The van der Waals surface area contributed by atoms with Crippen LogP contribution in [0.1, 0.15) is 23.2 Å². The lowest BCUT2D eigenvalue weighted by atomic mass is 10.1. The van der Waals surface area contributed by atoms with Gasteiger partial charge in [-0.25, -0.2) is 13.8 Å². The van der Waals surface area contributed by atoms with E-state index in [1.165, 1.54) is 13.2 Å². The predicted molar refractivity (Wildman–Crippen MR) is 62.2 cm³/mol. The highest BCUT2D eigenvalue weighted by Crippen LogP contribution is 2.28. The van der Waals surface area contributed by atoms with Gasteiger partial charge in [0.25, 0.3) is 6.43 Å². The van der Waals surface area contributed by atoms with Crippen molar-refractivity contribution in [1.82, 2.24) is 4.98 Å². The summed E-state index contributed by atoms with van der Waals surface area (Å²) in [5.41, 5.74) is 0.469. The van der Waals surface area contributed by atoms with Gasteiger partial charge >= 0.3 is 5.97 Å². The fourth-order valence-electron chi connectivity index (χ4n) is 1.23. The average Bonchev–Trinajstić information content (AvgIpc) is 2.30. The van der Waals surface area contributed by atoms with Crippen LogP contribution in [-0.4, -0.2) is 18.1 Å². The van der Waals surface area contributed by atoms with Crippen LogP contribution in [0.4, 0.5) is 8.78 Å². The molecule has 0 saturated carbocycles. The van der Waals surface area contributed by atoms with Crippen LogP contribution < -0.4 is 0 Å². The predicted octanol–water partition coefficient (Wildman–Crippen LogP) is 3.24. The van der Waals surface area contributed by atoms with Crippen LogP contribution in [0.25, 0.3) is 0 Å². The van der Waals surface area contributed by atoms with Crippen LogP contribution in [0, 0.1) is 0 Å². The monoisotopic (exact) mass is 327 g/mol. The van der Waals surface area contributed by atoms with Crippen molar-refractivity contribution >= 4 is 33.5 Å². The third-order valence-corrected chi connectivity index (χ3v) is 2.98. The van der Waals surface area contributed by atoms with Crippen LogP contribution in [-0.2, 0) is 21.8 Å². The maximum absolute atomic E-state index is 12.6. The van der Waals surface area contributed by atoms with Gasteiger partial charge in [0, 0.05) is 0 Å². The van der Waals surface area contributed by atoms with E-state index in [2.05, 4.69) is 25.7 Å². The van der Waals surface area contributed by atoms with Gasteiger partial charge in [-0.2, -0.15) is 0 Å². The Bertz CT molecular complexity index is 429. The zero-order chi connectivity index (χ0) is 13.0. The molecule has 1 rings (SSSR count). The van der Waals surface area contributed by atoms with E-state index in [1.54, 1.807) is 0 Å². The zero-order valence-corrected chi connectivity index (χ0v) is 11.2. The molecule has 0 saturated heterocycles. The van der Waals surface area contributed by atoms with E-state index in [-0.39, 0.29) is 22.5 Å². The molecule has 0 amide bonds. The van der Waals surface area contributed by atoms with Crippen molar-refractivity contribution in [3.05, 3.63) is 27.5 Å². The molecule has 17 heavy (non-hydrogen) atoms. The lowest BCUT2D eigenvalue weighted by Crippen LogP contribution is -2.09. The maximum atomic E-state index is 12.6. The molecule has 0 N–H and O–H groups in total. The summed E-state index contributed by atoms with van der Waals surface area (Å²) in [5, 5.41) is 0. The molecule has 0 fully saturated rings. The summed E-state index contributed by atoms with van der Waals surface area (Å²) in [7, 11) is 1.23. The Balaban J connectivity index is 3.16. The van der Waals surface area contributed by atoms with Crippen LogP contribution in [0.5, 0.6) is 0 Å². The first kappa shape index (κ1) is 14.3. The number of hydrogen-bond donors (Lipinski definition) is 0. The number of methoxy groups -OCH3 is 1. The fraction of sp³-hybridized carbons (Fsp3) is 0.400. The van der Waals surface area contributed by atoms with E-state index in [9.17, 15) is 13.6 Å². The minimum absolute atomic E-state index is 0.0362. The molecule has 7 heteroatoms. The number of esters is 1. The van der Waals surface area contributed by atoms with Gasteiger partial charge in [-0.05, 0) is 27.6 Å². The van der Waals surface area contributed by atoms with E-state index in [0.29, 0.717) is 11.3 Å². The van der Waals surface area contributed by atoms with Gasteiger partial charge in [0.1, 0.15) is 4.60 Å². The average molecular weight is 329 g/mol. The minimum atomic E-state index is -2.67. The summed E-state index contributed by atoms with van der Waals surface area (Å²) >= 11 is 8.58. The van der Waals surface area contributed by atoms with Crippen molar-refractivity contribution in [2.45, 2.75) is 18.7 Å². The molecule has 0 atom stereocenters. The van der Waals surface area contributed by atoms with Crippen LogP contribution in [0.2, 0.25) is 0 Å². The Morgan fingerprint density at radius 3 is 2.76 bits per heavy atom. The number of rotatable bonds is 4. The summed E-state index contributed by atoms with van der Waals surface area (Å²) in [6.45, 7) is 0. The van der Waals surface area contributed by atoms with Crippen LogP contribution >= 0.6 is 27.5 Å². The van der Waals surface area contributed by atoms with Gasteiger partial charge in [0.2, 0.25) is 0 Å². The number of aromatic nitrogens is 1. The van der Waals surface area contributed by atoms with Crippen molar-refractivity contribution < 1.29 is 18.3 Å². The highest BCUT2D eigenvalue weighted by molar-refractivity contribution is 9.10. The first-order valence-electron chi connectivity index (χ1n) is 4.58. The first-order chi connectivity index (χ1) is 7.99. The fourth-order valence-corrected chi connectivity index (χ4v) is 1.97. The molecule has 1 heterocycles. The molecule has 3 nitrogen and oxygen atoms in total. The van der Waals surface area contributed by atoms with E-state index >= 15 is 0 Å². The third kappa shape index (κ3) is 3.61. The summed E-state index contributed by atoms with van der Waals surface area (Å²) in [6, 6.07) is 1.22. The van der Waals surface area contributed by atoms with Crippen molar-refractivity contribution in [2.75, 3.05) is 7.11 Å². The van der Waals surface area contributed by atoms with Gasteiger partial charge in [-0.1, -0.05) is 0 Å². The number of pyridine rings is 1. The molecule has 0 bridgehead atoms. The van der Waals surface area contributed by atoms with Crippen molar-refractivity contribution in [1.29, 1.82) is 0 Å². The molecule has 0 radical (unpaired) electrons. The second-order valence-corrected chi connectivity index (χ2v) is 4.18. The Kier molecular flexibility index (Phi) is 5.27. The molecule has 0 aliphatic heterocycles. The Labute approximate surface area is 110 Å². The van der Waals surface area contributed by atoms with Crippen molar-refractivity contribution in [2.24, 2.45) is 0 Å². The first-order valence-corrected chi connectivity index (χ1v) is 5.91. The second-order valence-electron chi connectivity index (χ2n) is 3.16. The Morgan fingerprint density at radius 1 is 1.65 bits per heavy atom. The number of hydrogen-bond acceptors (Lipinski definition) is 3. The SMILES string of the molecule is COC(=O)Cc1cc(C(F)F)c(Br)nc1CCl. The second kappa shape index (κ2) is 6.26. The van der Waals surface area contributed by atoms with Crippen molar-refractivity contribution in [3.8, 4) is 0 Å². The van der Waals surface area contributed by atoms with Crippen LogP contribution in [0.15, 0.2) is 10.7 Å². The van der Waals surface area contributed by atoms with Gasteiger partial charge in [-0.3, -0.25) is 4.79 Å². The van der Waals surface area contributed by atoms with Gasteiger partial charge in [-0.15, -0.1) is 11.6 Å². The Hall–Kier alpha value is -0.750. The number of ether oxygens (including phenoxy) is 1. The smallest absolute Gasteiger partial charge is 0.310 e. The largest absolute Gasteiger partial charge is 0.469 e. The summed E-state index contributed by atoms with van der Waals surface area (Å²) in [6.07, 6.45) is -2.80. The van der Waals surface area contributed by atoms with E-state index in [4.69, 9.17) is 11.6 Å². The lowest BCUT2D eigenvalue weighted by molar-refractivity contribution is -0.139. The topological polar surface area (TPSA) is 39.2 Å². The molecule has 0 aliphatic carbocycles. The normalized spacial score (nSPS) is 10.7. The summed E-state index contributed by atoms with van der Waals surface area (Å²) in [5.74, 6) is -0.491. The highest BCUT2D eigenvalue weighted by atomic mass is 79.9. The molecule has 1 aromatic rings. The van der Waals surface area contributed by atoms with Gasteiger partial charge in [0.05, 0.1) is 30.7 Å². The maximum Gasteiger partial charge on any atom is 0.310 e. The molecule has 0 aromatic carbocycles. The summed E-state index contributed by atoms with van der Waals surface area (Å²) in [4.78, 5) is 15.0. The summed E-state index contributed by atoms with van der Waals surface area (Å²) < 4.78 is 29.8. The van der Waals surface area contributed by atoms with E-state index in [1.807, 2.05) is 0 Å². The molecular formula is C10H9BrClF2NO2. The molecule has 1 aromatic heterocycles. The minimum Gasteiger partial charge on any atom is -0.469 e. The van der Waals surface area contributed by atoms with E-state index in [0.717, 1.165) is 0 Å². The van der Waals surface area contributed by atoms with E-state index < -0.39 is 12.4 Å². The molecular weight excluding hydrogens is 319 g/mol. The molecule has 0 aliphatic rings. The van der Waals surface area contributed by atoms with Crippen molar-refractivity contribution in [3.63, 3.8) is 0 Å². The molecule has 0 unspecified atom stereocenters. The quantitative estimate of drug-likeness (QED) is 0.484. The van der Waals surface area contributed by atoms with Gasteiger partial charge in [0.15, 0.2) is 0 Å². The highest BCUT2D eigenvalue weighted by Gasteiger charge is 2.18. The number of halogens is 4. The zero-order valence-electron chi connectivity index (χ0n) is 8.84. The third-order valence-electron chi connectivity index (χ3n) is 2.10. The lowest BCUT2D eigenvalue weighted by Gasteiger charge is -2.10. The molecule has 94 valence electrons. The Morgan fingerprint density at radius 2 is 2.29 bits per heavy atom. The van der Waals surface area contributed by atoms with Gasteiger partial charge < -0.3 is 4.74 Å². The number of nitrogens with zero attached hydrogens (tertiary/aromatic N) is 1. The van der Waals surface area contributed by atoms with Crippen LogP contribution in [0.3, 0.4) is 0 Å². The number of carbonyl (C=O) groups is 1. The molecule has 0 spiro atoms.